The molecule has 150 valence electrons. The summed E-state index contributed by atoms with van der Waals surface area (Å²) < 4.78 is 8.02. The number of aromatic nitrogens is 3. The number of halogens is 3. The number of hydrogen-bond donors (Lipinski definition) is 0. The first kappa shape index (κ1) is 20.6. The van der Waals surface area contributed by atoms with E-state index in [4.69, 9.17) is 27.6 Å². The van der Waals surface area contributed by atoms with Crippen LogP contribution in [0.3, 0.4) is 0 Å². The topological polar surface area (TPSA) is 60.9 Å². The third-order valence-corrected chi connectivity index (χ3v) is 5.67. The predicted octanol–water partition coefficient (Wildman–Crippen LogP) is 6.90. The standard InChI is InChI=1S/C21H10BrCl2N3O2.CH4/c22-12-9-16(27(10-12)19-15(23)6-3-7-25-19)20-26-18-14(21(28)29-20)8-11-4-1-2-5-13(11)17(18)24;/h1-10H;1H4. The van der Waals surface area contributed by atoms with Crippen LogP contribution >= 0.6 is 39.1 Å². The zero-order valence-corrected chi connectivity index (χ0v) is 17.7. The molecule has 0 unspecified atom stereocenters. The minimum Gasteiger partial charge on any atom is -0.401 e. The van der Waals surface area contributed by atoms with E-state index in [2.05, 4.69) is 25.9 Å². The molecule has 0 fully saturated rings. The zero-order chi connectivity index (χ0) is 20.1. The molecule has 0 aliphatic rings. The highest BCUT2D eigenvalue weighted by molar-refractivity contribution is 9.10. The molecular formula is C22H14BrCl2N3O2. The van der Waals surface area contributed by atoms with Gasteiger partial charge in [-0.2, -0.15) is 0 Å². The SMILES string of the molecule is C.O=c1oc(-c2cc(Br)cn2-c2ncccc2Cl)nc2c(Cl)c3ccccc3cc12. The highest BCUT2D eigenvalue weighted by Gasteiger charge is 2.19. The Bertz CT molecular complexity index is 1480. The summed E-state index contributed by atoms with van der Waals surface area (Å²) in [6.45, 7) is 0. The van der Waals surface area contributed by atoms with Crippen molar-refractivity contribution >= 4 is 60.8 Å². The van der Waals surface area contributed by atoms with Crippen LogP contribution in [0.5, 0.6) is 0 Å². The van der Waals surface area contributed by atoms with Crippen LogP contribution in [-0.4, -0.2) is 14.5 Å². The van der Waals surface area contributed by atoms with E-state index < -0.39 is 5.63 Å². The smallest absolute Gasteiger partial charge is 0.347 e. The van der Waals surface area contributed by atoms with Crippen molar-refractivity contribution in [2.24, 2.45) is 0 Å². The molecule has 0 spiro atoms. The van der Waals surface area contributed by atoms with Gasteiger partial charge in [-0.25, -0.2) is 14.8 Å². The molecule has 2 aromatic carbocycles. The fraction of sp³-hybridized carbons (Fsp3) is 0.0455. The average molecular weight is 503 g/mol. The number of hydrogen-bond acceptors (Lipinski definition) is 4. The summed E-state index contributed by atoms with van der Waals surface area (Å²) in [5, 5.41) is 2.84. The first-order valence-corrected chi connectivity index (χ1v) is 10.1. The van der Waals surface area contributed by atoms with Gasteiger partial charge in [0.1, 0.15) is 11.2 Å². The Balaban J connectivity index is 0.00000218. The molecule has 0 aliphatic carbocycles. The third-order valence-electron chi connectivity index (χ3n) is 4.56. The second kappa shape index (κ2) is 7.87. The van der Waals surface area contributed by atoms with Gasteiger partial charge in [0, 0.05) is 22.3 Å². The second-order valence-corrected chi connectivity index (χ2v) is 8.04. The summed E-state index contributed by atoms with van der Waals surface area (Å²) in [4.78, 5) is 21.7. The van der Waals surface area contributed by atoms with Crippen molar-refractivity contribution in [1.29, 1.82) is 0 Å². The van der Waals surface area contributed by atoms with Crippen molar-refractivity contribution < 1.29 is 4.42 Å². The van der Waals surface area contributed by atoms with E-state index in [0.29, 0.717) is 32.5 Å². The third kappa shape index (κ3) is 3.31. The highest BCUT2D eigenvalue weighted by Crippen LogP contribution is 2.33. The number of fused-ring (bicyclic) bond motifs is 2. The Hall–Kier alpha value is -2.67. The lowest BCUT2D eigenvalue weighted by molar-refractivity contribution is 0.515. The number of rotatable bonds is 2. The van der Waals surface area contributed by atoms with Gasteiger partial charge in [-0.1, -0.05) is 54.9 Å². The molecule has 0 amide bonds. The summed E-state index contributed by atoms with van der Waals surface area (Å²) in [5.41, 5.74) is 0.377. The fourth-order valence-corrected chi connectivity index (χ4v) is 4.21. The van der Waals surface area contributed by atoms with Crippen molar-refractivity contribution in [1.82, 2.24) is 14.5 Å². The van der Waals surface area contributed by atoms with Crippen LogP contribution in [0, 0.1) is 0 Å². The summed E-state index contributed by atoms with van der Waals surface area (Å²) in [6, 6.07) is 14.5. The quantitative estimate of drug-likeness (QED) is 0.246. The van der Waals surface area contributed by atoms with Crippen LogP contribution in [0.2, 0.25) is 10.0 Å². The van der Waals surface area contributed by atoms with E-state index in [-0.39, 0.29) is 13.3 Å². The van der Waals surface area contributed by atoms with Gasteiger partial charge in [0.25, 0.3) is 0 Å². The van der Waals surface area contributed by atoms with Crippen LogP contribution in [0.15, 0.2) is 74.6 Å². The molecule has 0 saturated carbocycles. The first-order chi connectivity index (χ1) is 14.0. The molecule has 0 atom stereocenters. The first-order valence-electron chi connectivity index (χ1n) is 8.54. The number of benzene rings is 2. The van der Waals surface area contributed by atoms with E-state index in [0.717, 1.165) is 15.2 Å². The Labute approximate surface area is 190 Å². The minimum absolute atomic E-state index is 0. The van der Waals surface area contributed by atoms with Crippen LogP contribution in [0.4, 0.5) is 0 Å². The maximum Gasteiger partial charge on any atom is 0.347 e. The molecule has 0 saturated heterocycles. The molecule has 0 bridgehead atoms. The highest BCUT2D eigenvalue weighted by atomic mass is 79.9. The molecule has 8 heteroatoms. The lowest BCUT2D eigenvalue weighted by atomic mass is 10.1. The predicted molar refractivity (Wildman–Crippen MR) is 125 cm³/mol. The normalized spacial score (nSPS) is 11.0. The molecule has 5 rings (SSSR count). The maximum atomic E-state index is 12.8. The van der Waals surface area contributed by atoms with Gasteiger partial charge < -0.3 is 4.42 Å². The number of nitrogens with zero attached hydrogens (tertiary/aromatic N) is 3. The Morgan fingerprint density at radius 2 is 1.83 bits per heavy atom. The van der Waals surface area contributed by atoms with Crippen molar-refractivity contribution in [2.75, 3.05) is 0 Å². The molecule has 30 heavy (non-hydrogen) atoms. The largest absolute Gasteiger partial charge is 0.401 e. The van der Waals surface area contributed by atoms with E-state index in [1.54, 1.807) is 41.2 Å². The van der Waals surface area contributed by atoms with Gasteiger partial charge in [-0.15, -0.1) is 0 Å². The molecule has 3 aromatic heterocycles. The van der Waals surface area contributed by atoms with Crippen LogP contribution in [0.25, 0.3) is 39.1 Å². The zero-order valence-electron chi connectivity index (χ0n) is 14.6. The lowest BCUT2D eigenvalue weighted by Gasteiger charge is -2.10. The van der Waals surface area contributed by atoms with Crippen molar-refractivity contribution in [2.45, 2.75) is 7.43 Å². The molecular weight excluding hydrogens is 489 g/mol. The molecule has 5 nitrogen and oxygen atoms in total. The van der Waals surface area contributed by atoms with E-state index in [9.17, 15) is 4.79 Å². The summed E-state index contributed by atoms with van der Waals surface area (Å²) in [5.74, 6) is 0.608. The summed E-state index contributed by atoms with van der Waals surface area (Å²) in [7, 11) is 0. The lowest BCUT2D eigenvalue weighted by Crippen LogP contribution is -2.06. The fourth-order valence-electron chi connectivity index (χ4n) is 3.26. The van der Waals surface area contributed by atoms with Gasteiger partial charge >= 0.3 is 5.63 Å². The summed E-state index contributed by atoms with van der Waals surface area (Å²) in [6.07, 6.45) is 3.41. The number of pyridine rings is 1. The molecule has 3 heterocycles. The van der Waals surface area contributed by atoms with Crippen LogP contribution < -0.4 is 5.63 Å². The van der Waals surface area contributed by atoms with Crippen molar-refractivity contribution in [3.63, 3.8) is 0 Å². The average Bonchev–Trinajstić information content (AvgIpc) is 3.11. The molecule has 0 aliphatic heterocycles. The Morgan fingerprint density at radius 3 is 2.63 bits per heavy atom. The van der Waals surface area contributed by atoms with E-state index in [1.807, 2.05) is 24.3 Å². The maximum absolute atomic E-state index is 12.8. The second-order valence-electron chi connectivity index (χ2n) is 6.34. The summed E-state index contributed by atoms with van der Waals surface area (Å²) >= 11 is 16.4. The van der Waals surface area contributed by atoms with E-state index >= 15 is 0 Å². The van der Waals surface area contributed by atoms with Crippen molar-refractivity contribution in [3.8, 4) is 17.4 Å². The van der Waals surface area contributed by atoms with E-state index in [1.165, 1.54) is 0 Å². The van der Waals surface area contributed by atoms with Gasteiger partial charge in [-0.05, 0) is 45.6 Å². The van der Waals surface area contributed by atoms with Gasteiger partial charge in [-0.3, -0.25) is 4.57 Å². The van der Waals surface area contributed by atoms with Gasteiger partial charge in [0.15, 0.2) is 5.82 Å². The van der Waals surface area contributed by atoms with Gasteiger partial charge in [0.2, 0.25) is 5.89 Å². The Morgan fingerprint density at radius 1 is 1.03 bits per heavy atom. The van der Waals surface area contributed by atoms with Crippen LogP contribution in [0.1, 0.15) is 7.43 Å². The Kier molecular flexibility index (Phi) is 5.40. The van der Waals surface area contributed by atoms with Crippen molar-refractivity contribution in [3.05, 3.63) is 85.9 Å². The van der Waals surface area contributed by atoms with Gasteiger partial charge in [0.05, 0.1) is 15.4 Å². The molecule has 5 aromatic rings. The van der Waals surface area contributed by atoms with Crippen LogP contribution in [-0.2, 0) is 0 Å². The minimum atomic E-state index is -0.520. The molecule has 0 radical (unpaired) electrons. The monoisotopic (exact) mass is 501 g/mol. The molecule has 0 N–H and O–H groups in total.